The average Bonchev–Trinajstić information content (AvgIpc) is 3.08. The van der Waals surface area contributed by atoms with Crippen molar-refractivity contribution < 1.29 is 18.0 Å². The lowest BCUT2D eigenvalue weighted by Crippen LogP contribution is -2.10. The lowest BCUT2D eigenvalue weighted by molar-refractivity contribution is -0.137. The molecule has 10 heteroatoms. The van der Waals surface area contributed by atoms with E-state index in [1.54, 1.807) is 47.3 Å². The number of fused-ring (bicyclic) bond motifs is 1. The zero-order chi connectivity index (χ0) is 22.9. The van der Waals surface area contributed by atoms with E-state index in [1.807, 2.05) is 0 Å². The van der Waals surface area contributed by atoms with Crippen LogP contribution in [-0.4, -0.2) is 25.3 Å². The lowest BCUT2D eigenvalue weighted by Gasteiger charge is -2.11. The third-order valence-corrected chi connectivity index (χ3v) is 4.46. The number of imidazole rings is 1. The molecule has 0 saturated heterocycles. The molecule has 0 radical (unpaired) electrons. The number of nitrogen functional groups attached to an aromatic ring is 1. The number of carbonyl (C=O) groups is 1. The molecule has 0 aromatic carbocycles. The second kappa shape index (κ2) is 8.03. The van der Waals surface area contributed by atoms with Crippen LogP contribution in [0.4, 0.5) is 24.8 Å². The molecule has 3 N–H and O–H groups in total. The summed E-state index contributed by atoms with van der Waals surface area (Å²) in [6, 6.07) is 7.66. The van der Waals surface area contributed by atoms with Crippen LogP contribution >= 0.6 is 0 Å². The molecule has 0 fully saturated rings. The molecular formula is C22H15F3N6O. The van der Waals surface area contributed by atoms with Crippen molar-refractivity contribution in [1.29, 1.82) is 0 Å². The molecule has 1 amide bonds. The topological polar surface area (TPSA) is 98.2 Å². The normalized spacial score (nSPS) is 11.1. The highest BCUT2D eigenvalue weighted by atomic mass is 19.4. The lowest BCUT2D eigenvalue weighted by atomic mass is 10.1. The Balaban J connectivity index is 1.87. The number of rotatable bonds is 2. The van der Waals surface area contributed by atoms with Gasteiger partial charge in [-0.25, -0.2) is 9.97 Å². The van der Waals surface area contributed by atoms with Gasteiger partial charge in [-0.05, 0) is 36.3 Å². The number of nitrogens with one attached hydrogen (secondary N) is 1. The van der Waals surface area contributed by atoms with Gasteiger partial charge < -0.3 is 11.1 Å². The van der Waals surface area contributed by atoms with E-state index >= 15 is 0 Å². The van der Waals surface area contributed by atoms with Crippen LogP contribution in [-0.2, 0) is 11.0 Å². The van der Waals surface area contributed by atoms with Gasteiger partial charge in [0.2, 0.25) is 5.91 Å². The Morgan fingerprint density at radius 2 is 1.97 bits per heavy atom. The molecule has 4 aromatic heterocycles. The fourth-order valence-electron chi connectivity index (χ4n) is 3.02. The molecule has 0 aliphatic rings. The Bertz CT molecular complexity index is 1380. The van der Waals surface area contributed by atoms with E-state index in [-0.39, 0.29) is 17.3 Å². The van der Waals surface area contributed by atoms with Crippen LogP contribution in [0.25, 0.3) is 16.8 Å². The maximum atomic E-state index is 13.2. The maximum Gasteiger partial charge on any atom is 0.419 e. The second-order valence-corrected chi connectivity index (χ2v) is 6.78. The quantitative estimate of drug-likeness (QED) is 0.467. The summed E-state index contributed by atoms with van der Waals surface area (Å²) in [5.74, 6) is 5.21. The van der Waals surface area contributed by atoms with Crippen LogP contribution in [0, 0.1) is 11.8 Å². The van der Waals surface area contributed by atoms with Crippen LogP contribution in [0.5, 0.6) is 0 Å². The number of aromatic nitrogens is 4. The van der Waals surface area contributed by atoms with Crippen molar-refractivity contribution in [3.05, 3.63) is 71.9 Å². The number of nitrogens with two attached hydrogens (primary N) is 1. The number of pyridine rings is 3. The zero-order valence-corrected chi connectivity index (χ0v) is 16.6. The van der Waals surface area contributed by atoms with Crippen molar-refractivity contribution in [2.45, 2.75) is 13.1 Å². The predicted octanol–water partition coefficient (Wildman–Crippen LogP) is 3.75. The molecule has 0 aliphatic carbocycles. The zero-order valence-electron chi connectivity index (χ0n) is 16.6. The molecule has 4 aromatic rings. The van der Waals surface area contributed by atoms with E-state index in [2.05, 4.69) is 32.1 Å². The summed E-state index contributed by atoms with van der Waals surface area (Å²) in [5, 5.41) is 2.63. The molecule has 4 rings (SSSR count). The smallest absolute Gasteiger partial charge is 0.383 e. The van der Waals surface area contributed by atoms with Gasteiger partial charge in [0.25, 0.3) is 0 Å². The minimum atomic E-state index is -4.63. The van der Waals surface area contributed by atoms with Crippen molar-refractivity contribution in [2.24, 2.45) is 0 Å². The highest BCUT2D eigenvalue weighted by molar-refractivity contribution is 5.89. The van der Waals surface area contributed by atoms with Crippen LogP contribution in [0.1, 0.15) is 23.7 Å². The third kappa shape index (κ3) is 4.22. The van der Waals surface area contributed by atoms with Gasteiger partial charge in [-0.1, -0.05) is 5.92 Å². The first kappa shape index (κ1) is 20.9. The van der Waals surface area contributed by atoms with Crippen molar-refractivity contribution >= 4 is 23.2 Å². The molecule has 0 aliphatic heterocycles. The number of hydrogen-bond donors (Lipinski definition) is 2. The Kier molecular flexibility index (Phi) is 5.24. The number of carbonyl (C=O) groups excluding carboxylic acids is 1. The Labute approximate surface area is 180 Å². The van der Waals surface area contributed by atoms with Crippen LogP contribution < -0.4 is 11.1 Å². The number of nitrogens with zero attached hydrogens (tertiary/aromatic N) is 4. The van der Waals surface area contributed by atoms with Gasteiger partial charge in [-0.3, -0.25) is 14.2 Å². The van der Waals surface area contributed by atoms with E-state index in [4.69, 9.17) is 5.73 Å². The van der Waals surface area contributed by atoms with Gasteiger partial charge in [-0.2, -0.15) is 13.2 Å². The molecule has 0 spiro atoms. The highest BCUT2D eigenvalue weighted by Gasteiger charge is 2.34. The first-order valence-electron chi connectivity index (χ1n) is 9.27. The van der Waals surface area contributed by atoms with Crippen LogP contribution in [0.2, 0.25) is 0 Å². The molecule has 7 nitrogen and oxygen atoms in total. The van der Waals surface area contributed by atoms with Gasteiger partial charge in [0.1, 0.15) is 17.2 Å². The molecular weight excluding hydrogens is 421 g/mol. The molecule has 0 saturated carbocycles. The summed E-state index contributed by atoms with van der Waals surface area (Å²) >= 11 is 0. The van der Waals surface area contributed by atoms with E-state index in [0.29, 0.717) is 22.5 Å². The number of anilines is 2. The largest absolute Gasteiger partial charge is 0.419 e. The molecule has 4 heterocycles. The van der Waals surface area contributed by atoms with Gasteiger partial charge in [0, 0.05) is 48.4 Å². The van der Waals surface area contributed by atoms with Crippen molar-refractivity contribution in [3.8, 4) is 23.0 Å². The fourth-order valence-corrected chi connectivity index (χ4v) is 3.02. The number of amides is 1. The number of alkyl halides is 3. The van der Waals surface area contributed by atoms with Gasteiger partial charge in [0.15, 0.2) is 5.82 Å². The average molecular weight is 436 g/mol. The van der Waals surface area contributed by atoms with Crippen LogP contribution in [0.15, 0.2) is 55.1 Å². The van der Waals surface area contributed by atoms with Gasteiger partial charge >= 0.3 is 6.18 Å². The summed E-state index contributed by atoms with van der Waals surface area (Å²) in [5.41, 5.74) is 6.50. The molecule has 32 heavy (non-hydrogen) atoms. The van der Waals surface area contributed by atoms with E-state index in [0.717, 1.165) is 6.07 Å². The molecule has 160 valence electrons. The monoisotopic (exact) mass is 436 g/mol. The maximum absolute atomic E-state index is 13.2. The Morgan fingerprint density at radius 1 is 1.16 bits per heavy atom. The summed E-state index contributed by atoms with van der Waals surface area (Å²) in [7, 11) is 0. The second-order valence-electron chi connectivity index (χ2n) is 6.78. The minimum Gasteiger partial charge on any atom is -0.383 e. The molecule has 0 unspecified atom stereocenters. The highest BCUT2D eigenvalue weighted by Crippen LogP contribution is 2.35. The summed E-state index contributed by atoms with van der Waals surface area (Å²) in [6.45, 7) is 1.34. The predicted molar refractivity (Wildman–Crippen MR) is 112 cm³/mol. The first-order chi connectivity index (χ1) is 15.2. The molecule has 0 bridgehead atoms. The van der Waals surface area contributed by atoms with E-state index < -0.39 is 17.6 Å². The number of halogens is 3. The SMILES string of the molecule is CC(=O)Nc1nc2ccc(-c3cnc(N)c(C(F)(F)F)c3)cn2c1C#Cc1cccnc1. The minimum absolute atomic E-state index is 0.217. The first-order valence-corrected chi connectivity index (χ1v) is 9.27. The Hall–Kier alpha value is -4.39. The Morgan fingerprint density at radius 3 is 2.66 bits per heavy atom. The summed E-state index contributed by atoms with van der Waals surface area (Å²) < 4.78 is 41.3. The molecule has 0 atom stereocenters. The summed E-state index contributed by atoms with van der Waals surface area (Å²) in [6.07, 6.45) is 1.40. The van der Waals surface area contributed by atoms with Gasteiger partial charge in [-0.15, -0.1) is 0 Å². The van der Waals surface area contributed by atoms with Gasteiger partial charge in [0.05, 0.1) is 5.56 Å². The summed E-state index contributed by atoms with van der Waals surface area (Å²) in [4.78, 5) is 23.7. The number of hydrogen-bond acceptors (Lipinski definition) is 5. The van der Waals surface area contributed by atoms with Crippen molar-refractivity contribution in [1.82, 2.24) is 19.4 Å². The fraction of sp³-hybridized carbons (Fsp3) is 0.0909. The van der Waals surface area contributed by atoms with E-state index in [1.165, 1.54) is 13.1 Å². The van der Waals surface area contributed by atoms with Crippen LogP contribution in [0.3, 0.4) is 0 Å². The van der Waals surface area contributed by atoms with Crippen molar-refractivity contribution in [3.63, 3.8) is 0 Å². The van der Waals surface area contributed by atoms with E-state index in [9.17, 15) is 18.0 Å². The standard InChI is InChI=1S/C22H15F3N6O/c1-13(32)29-21-18(6-4-14-3-2-8-27-10-14)31-12-15(5-7-19(31)30-21)16-9-17(22(23,24)25)20(26)28-11-16/h2-3,5,7-12H,1H3,(H2,26,28)(H,29,32). The van der Waals surface area contributed by atoms with Crippen molar-refractivity contribution in [2.75, 3.05) is 11.1 Å². The third-order valence-electron chi connectivity index (χ3n) is 4.46.